The Bertz CT molecular complexity index is 1310. The average Bonchev–Trinajstić information content (AvgIpc) is 3.50. The van der Waals surface area contributed by atoms with Crippen LogP contribution in [0.3, 0.4) is 0 Å². The molecule has 4 aliphatic rings. The normalized spacial score (nSPS) is 34.7. The van der Waals surface area contributed by atoms with Gasteiger partial charge in [-0.25, -0.2) is 18.1 Å². The van der Waals surface area contributed by atoms with Gasteiger partial charge in [-0.05, 0) is 43.2 Å². The number of aromatic nitrogens is 6. The third-order valence-electron chi connectivity index (χ3n) is 8.31. The number of aryl methyl sites for hydroxylation is 1. The number of rotatable bonds is 7. The second-order valence-corrected chi connectivity index (χ2v) is 11.1. The molecule has 5 atom stereocenters. The van der Waals surface area contributed by atoms with E-state index >= 15 is 0 Å². The zero-order valence-electron chi connectivity index (χ0n) is 20.9. The van der Waals surface area contributed by atoms with Gasteiger partial charge in [-0.1, -0.05) is 23.4 Å². The van der Waals surface area contributed by atoms with Crippen LogP contribution in [0.4, 0.5) is 8.78 Å². The number of methoxy groups -OCH3 is 1. The first-order chi connectivity index (χ1) is 17.7. The molecule has 37 heavy (non-hydrogen) atoms. The largest absolute Gasteiger partial charge is 0.394 e. The maximum Gasteiger partial charge on any atom is 0.168 e. The summed E-state index contributed by atoms with van der Waals surface area (Å²) >= 11 is 0. The summed E-state index contributed by atoms with van der Waals surface area (Å²) in [5.41, 5.74) is 1.47. The molecule has 10 nitrogen and oxygen atoms in total. The van der Waals surface area contributed by atoms with Gasteiger partial charge in [-0.3, -0.25) is 0 Å². The molecule has 4 fully saturated rings. The molecule has 12 heteroatoms. The van der Waals surface area contributed by atoms with E-state index < -0.39 is 48.7 Å². The monoisotopic (exact) mass is 516 g/mol. The number of benzene rings is 1. The van der Waals surface area contributed by atoms with E-state index in [9.17, 15) is 19.0 Å². The fourth-order valence-electron chi connectivity index (χ4n) is 6.62. The van der Waals surface area contributed by atoms with Crippen molar-refractivity contribution in [3.63, 3.8) is 0 Å². The molecule has 2 aromatic heterocycles. The van der Waals surface area contributed by atoms with Crippen LogP contribution in [0.2, 0.25) is 0 Å². The van der Waals surface area contributed by atoms with Crippen molar-refractivity contribution in [1.82, 2.24) is 30.0 Å². The summed E-state index contributed by atoms with van der Waals surface area (Å²) in [7, 11) is 1.49. The molecule has 3 aliphatic carbocycles. The molecule has 0 amide bonds. The minimum absolute atomic E-state index is 0.0424. The zero-order chi connectivity index (χ0) is 26.1. The van der Waals surface area contributed by atoms with Crippen LogP contribution in [-0.2, 0) is 21.4 Å². The number of ether oxygens (including phenoxy) is 2. The Labute approximate surface area is 212 Å². The third-order valence-corrected chi connectivity index (χ3v) is 8.31. The molecule has 198 valence electrons. The van der Waals surface area contributed by atoms with E-state index in [1.54, 1.807) is 0 Å². The molecule has 0 radical (unpaired) electrons. The van der Waals surface area contributed by atoms with Gasteiger partial charge in [-0.15, -0.1) is 10.2 Å². The molecule has 1 aliphatic heterocycles. The molecule has 1 aromatic carbocycles. The van der Waals surface area contributed by atoms with Gasteiger partial charge in [0.15, 0.2) is 11.6 Å². The number of halogens is 2. The standard InChI is InChI=1S/C25H30F2N6O4/c1-13-4-5-15(20(27)19(13)26)16-8-32(30-29-16)21-22(35)18(9-34)37-17(23(21)36-3)6-14-7-33(31-28-14)25-10-24(2,11-25)12-25/h4-5,7-8,17-18,21-23,34-35H,6,9-12H2,1-3H3/t17-,18-,21+,22+,23+,24?,25?/m1/s1. The number of hydrogen-bond acceptors (Lipinski definition) is 8. The van der Waals surface area contributed by atoms with Crippen LogP contribution < -0.4 is 0 Å². The highest BCUT2D eigenvalue weighted by molar-refractivity contribution is 5.59. The van der Waals surface area contributed by atoms with E-state index in [-0.39, 0.29) is 22.4 Å². The Morgan fingerprint density at radius 1 is 1.11 bits per heavy atom. The fraction of sp³-hybridized carbons (Fsp3) is 0.600. The van der Waals surface area contributed by atoms with Gasteiger partial charge in [0.25, 0.3) is 0 Å². The number of aliphatic hydroxyl groups is 2. The van der Waals surface area contributed by atoms with Crippen molar-refractivity contribution in [1.29, 1.82) is 0 Å². The van der Waals surface area contributed by atoms with Gasteiger partial charge in [0.2, 0.25) is 0 Å². The van der Waals surface area contributed by atoms with E-state index in [1.165, 1.54) is 37.0 Å². The Kier molecular flexibility index (Phi) is 5.71. The molecule has 2 bridgehead atoms. The van der Waals surface area contributed by atoms with E-state index in [0.29, 0.717) is 17.5 Å². The molecule has 0 unspecified atom stereocenters. The minimum Gasteiger partial charge on any atom is -0.394 e. The van der Waals surface area contributed by atoms with Crippen LogP contribution >= 0.6 is 0 Å². The summed E-state index contributed by atoms with van der Waals surface area (Å²) in [6.45, 7) is 3.33. The summed E-state index contributed by atoms with van der Waals surface area (Å²) in [4.78, 5) is 0. The lowest BCUT2D eigenvalue weighted by atomic mass is 9.40. The molecule has 1 saturated heterocycles. The smallest absolute Gasteiger partial charge is 0.168 e. The van der Waals surface area contributed by atoms with Crippen LogP contribution in [0.5, 0.6) is 0 Å². The number of aliphatic hydroxyl groups excluding tert-OH is 2. The summed E-state index contributed by atoms with van der Waals surface area (Å²) in [5, 5.41) is 37.8. The van der Waals surface area contributed by atoms with Crippen molar-refractivity contribution in [2.45, 2.75) is 75.5 Å². The molecule has 3 heterocycles. The van der Waals surface area contributed by atoms with Crippen LogP contribution in [0.25, 0.3) is 11.3 Å². The highest BCUT2D eigenvalue weighted by Crippen LogP contribution is 2.70. The fourth-order valence-corrected chi connectivity index (χ4v) is 6.62. The molecule has 7 rings (SSSR count). The Balaban J connectivity index is 1.27. The zero-order valence-corrected chi connectivity index (χ0v) is 20.9. The summed E-state index contributed by atoms with van der Waals surface area (Å²) in [5.74, 6) is -1.97. The molecular weight excluding hydrogens is 486 g/mol. The van der Waals surface area contributed by atoms with Gasteiger partial charge in [-0.2, -0.15) is 0 Å². The first-order valence-electron chi connectivity index (χ1n) is 12.4. The second-order valence-electron chi connectivity index (χ2n) is 11.1. The lowest BCUT2D eigenvalue weighted by molar-refractivity contribution is -0.212. The average molecular weight is 517 g/mol. The van der Waals surface area contributed by atoms with Gasteiger partial charge in [0, 0.05) is 25.3 Å². The first-order valence-corrected chi connectivity index (χ1v) is 12.4. The van der Waals surface area contributed by atoms with Crippen molar-refractivity contribution in [2.75, 3.05) is 13.7 Å². The Hall–Kier alpha value is -2.80. The van der Waals surface area contributed by atoms with Crippen LogP contribution in [-0.4, -0.2) is 78.3 Å². The van der Waals surface area contributed by atoms with E-state index in [2.05, 4.69) is 27.5 Å². The lowest BCUT2D eigenvalue weighted by Crippen LogP contribution is -2.66. The van der Waals surface area contributed by atoms with Crippen molar-refractivity contribution < 1.29 is 28.5 Å². The highest BCUT2D eigenvalue weighted by Gasteiger charge is 2.67. The van der Waals surface area contributed by atoms with Crippen molar-refractivity contribution in [2.24, 2.45) is 5.41 Å². The Morgan fingerprint density at radius 2 is 1.86 bits per heavy atom. The molecule has 3 aromatic rings. The molecule has 0 spiro atoms. The van der Waals surface area contributed by atoms with E-state index in [4.69, 9.17) is 9.47 Å². The molecule has 2 N–H and O–H groups in total. The summed E-state index contributed by atoms with van der Waals surface area (Å²) in [6, 6.07) is 2.09. The topological polar surface area (TPSA) is 120 Å². The van der Waals surface area contributed by atoms with Crippen LogP contribution in [0.15, 0.2) is 24.5 Å². The van der Waals surface area contributed by atoms with Crippen LogP contribution in [0, 0.1) is 24.0 Å². The lowest BCUT2D eigenvalue weighted by Gasteiger charge is -2.68. The summed E-state index contributed by atoms with van der Waals surface area (Å²) in [6.07, 6.45) is 3.60. The third kappa shape index (κ3) is 3.80. The van der Waals surface area contributed by atoms with E-state index in [1.807, 2.05) is 10.9 Å². The van der Waals surface area contributed by atoms with Gasteiger partial charge in [0.1, 0.15) is 30.0 Å². The maximum absolute atomic E-state index is 14.6. The van der Waals surface area contributed by atoms with Gasteiger partial charge < -0.3 is 19.7 Å². The molecule has 3 saturated carbocycles. The van der Waals surface area contributed by atoms with Crippen molar-refractivity contribution in [3.8, 4) is 11.3 Å². The van der Waals surface area contributed by atoms with Crippen molar-refractivity contribution in [3.05, 3.63) is 47.4 Å². The minimum atomic E-state index is -1.20. The predicted octanol–water partition coefficient (Wildman–Crippen LogP) is 1.94. The van der Waals surface area contributed by atoms with E-state index in [0.717, 1.165) is 19.3 Å². The highest BCUT2D eigenvalue weighted by atomic mass is 19.2. The molecular formula is C25H30F2N6O4. The SMILES string of the molecule is CO[C@@H]1[C@@H](n2cc(-c3ccc(C)c(F)c3F)nn2)[C@@H](O)[C@@H](CO)O[C@@H]1Cc1cn(C23CC(C)(C2)C3)nn1. The first kappa shape index (κ1) is 24.5. The number of hydrogen-bond donors (Lipinski definition) is 2. The van der Waals surface area contributed by atoms with Crippen LogP contribution in [0.1, 0.15) is 43.5 Å². The number of nitrogens with zero attached hydrogens (tertiary/aromatic N) is 6. The quantitative estimate of drug-likeness (QED) is 0.489. The maximum atomic E-state index is 14.6. The second kappa shape index (κ2) is 8.62. The summed E-state index contributed by atoms with van der Waals surface area (Å²) < 4.78 is 43.8. The van der Waals surface area contributed by atoms with Gasteiger partial charge >= 0.3 is 0 Å². The van der Waals surface area contributed by atoms with Gasteiger partial charge in [0.05, 0.1) is 30.1 Å². The van der Waals surface area contributed by atoms with Crippen molar-refractivity contribution >= 4 is 0 Å². The Morgan fingerprint density at radius 3 is 2.54 bits per heavy atom. The predicted molar refractivity (Wildman–Crippen MR) is 125 cm³/mol.